The molecule has 0 bridgehead atoms. The molecule has 6 nitrogen and oxygen atoms in total. The number of carbonyl (C=O) groups excluding carboxylic acids is 1. The third-order valence-corrected chi connectivity index (χ3v) is 5.56. The van der Waals surface area contributed by atoms with Crippen molar-refractivity contribution in [1.29, 1.82) is 0 Å². The zero-order valence-electron chi connectivity index (χ0n) is 16.9. The van der Waals surface area contributed by atoms with Crippen LogP contribution in [0.4, 0.5) is 9.52 Å². The van der Waals surface area contributed by atoms with E-state index in [0.717, 1.165) is 17.7 Å². The van der Waals surface area contributed by atoms with E-state index in [1.165, 1.54) is 28.4 Å². The molecule has 8 heteroatoms. The smallest absolute Gasteiger partial charge is 0.263 e. The lowest BCUT2D eigenvalue weighted by Gasteiger charge is -2.21. The number of benzene rings is 2. The second-order valence-electron chi connectivity index (χ2n) is 6.74. The first-order valence-electron chi connectivity index (χ1n) is 9.19. The fraction of sp³-hybridized carbons (Fsp3) is 0.333. The third kappa shape index (κ3) is 4.49. The quantitative estimate of drug-likeness (QED) is 0.553. The molecule has 0 aliphatic rings. The van der Waals surface area contributed by atoms with Crippen LogP contribution in [0.3, 0.4) is 0 Å². The summed E-state index contributed by atoms with van der Waals surface area (Å²) in [6.45, 7) is 1.20. The van der Waals surface area contributed by atoms with Crippen LogP contribution < -0.4 is 14.4 Å². The highest BCUT2D eigenvalue weighted by molar-refractivity contribution is 7.22. The molecule has 1 amide bonds. The Kier molecular flexibility index (Phi) is 6.66. The minimum Gasteiger partial charge on any atom is -0.495 e. The number of anilines is 1. The Balaban J connectivity index is 2.06. The highest BCUT2D eigenvalue weighted by Gasteiger charge is 2.25. The van der Waals surface area contributed by atoms with Crippen molar-refractivity contribution in [2.75, 3.05) is 46.3 Å². The van der Waals surface area contributed by atoms with E-state index in [2.05, 4.69) is 4.98 Å². The van der Waals surface area contributed by atoms with Gasteiger partial charge in [-0.1, -0.05) is 23.5 Å². The molecule has 0 saturated heterocycles. The van der Waals surface area contributed by atoms with E-state index in [9.17, 15) is 9.18 Å². The number of methoxy groups -OCH3 is 2. The summed E-state index contributed by atoms with van der Waals surface area (Å²) in [6, 6.07) is 9.58. The van der Waals surface area contributed by atoms with Gasteiger partial charge < -0.3 is 14.4 Å². The Bertz CT molecular complexity index is 965. The summed E-state index contributed by atoms with van der Waals surface area (Å²) < 4.78 is 25.9. The maximum absolute atomic E-state index is 14.3. The summed E-state index contributed by atoms with van der Waals surface area (Å²) >= 11 is 1.33. The van der Waals surface area contributed by atoms with Crippen molar-refractivity contribution in [3.8, 4) is 11.5 Å². The number of rotatable bonds is 8. The molecule has 0 aliphatic carbocycles. The molecule has 0 fully saturated rings. The highest BCUT2D eigenvalue weighted by Crippen LogP contribution is 2.40. The molecular formula is C21H24FN3O3S. The molecule has 0 atom stereocenters. The zero-order valence-corrected chi connectivity index (χ0v) is 17.8. The fourth-order valence-electron chi connectivity index (χ4n) is 3.00. The molecule has 3 rings (SSSR count). The van der Waals surface area contributed by atoms with Crippen molar-refractivity contribution in [2.24, 2.45) is 0 Å². The largest absolute Gasteiger partial charge is 0.495 e. The van der Waals surface area contributed by atoms with Crippen molar-refractivity contribution in [3.63, 3.8) is 0 Å². The molecular weight excluding hydrogens is 393 g/mol. The number of ether oxygens (including phenoxy) is 2. The van der Waals surface area contributed by atoms with Gasteiger partial charge in [0.1, 0.15) is 27.5 Å². The SMILES string of the molecule is COc1ccc(OC)c2sc(N(CCCN(C)C)C(=O)c3ccccc3F)nc12. The van der Waals surface area contributed by atoms with Crippen LogP contribution in [0.1, 0.15) is 16.8 Å². The summed E-state index contributed by atoms with van der Waals surface area (Å²) in [7, 11) is 7.09. The molecule has 0 aliphatic heterocycles. The van der Waals surface area contributed by atoms with Gasteiger partial charge >= 0.3 is 0 Å². The predicted octanol–water partition coefficient (Wildman–Crippen LogP) is 4.05. The molecule has 0 spiro atoms. The van der Waals surface area contributed by atoms with Crippen LogP contribution in [0.2, 0.25) is 0 Å². The Morgan fingerprint density at radius 1 is 1.07 bits per heavy atom. The molecule has 154 valence electrons. The summed E-state index contributed by atoms with van der Waals surface area (Å²) in [5.74, 6) is 0.274. The maximum Gasteiger partial charge on any atom is 0.263 e. The predicted molar refractivity (Wildman–Crippen MR) is 114 cm³/mol. The van der Waals surface area contributed by atoms with Crippen LogP contribution >= 0.6 is 11.3 Å². The lowest BCUT2D eigenvalue weighted by atomic mass is 10.2. The van der Waals surface area contributed by atoms with Gasteiger partial charge in [0.2, 0.25) is 0 Å². The zero-order chi connectivity index (χ0) is 21.0. The average Bonchev–Trinajstić information content (AvgIpc) is 3.15. The Morgan fingerprint density at radius 2 is 1.76 bits per heavy atom. The first kappa shape index (κ1) is 21.0. The standard InChI is InChI=1S/C21H24FN3O3S/c1-24(2)12-7-13-25(20(26)14-8-5-6-9-15(14)22)21-23-18-16(27-3)10-11-17(28-4)19(18)29-21/h5-6,8-11H,7,12-13H2,1-4H3. The van der Waals surface area contributed by atoms with Gasteiger partial charge in [-0.25, -0.2) is 9.37 Å². The van der Waals surface area contributed by atoms with Crippen molar-refractivity contribution in [2.45, 2.75) is 6.42 Å². The van der Waals surface area contributed by atoms with Crippen molar-refractivity contribution in [1.82, 2.24) is 9.88 Å². The second-order valence-corrected chi connectivity index (χ2v) is 7.72. The third-order valence-electron chi connectivity index (χ3n) is 4.47. The van der Waals surface area contributed by atoms with Crippen LogP contribution in [0.25, 0.3) is 10.2 Å². The van der Waals surface area contributed by atoms with E-state index < -0.39 is 11.7 Å². The maximum atomic E-state index is 14.3. The van der Waals surface area contributed by atoms with Gasteiger partial charge in [0.05, 0.1) is 19.8 Å². The summed E-state index contributed by atoms with van der Waals surface area (Å²) in [5.41, 5.74) is 0.640. The minimum atomic E-state index is -0.550. The van der Waals surface area contributed by atoms with Crippen LogP contribution in [-0.4, -0.2) is 57.2 Å². The van der Waals surface area contributed by atoms with Gasteiger partial charge in [0.25, 0.3) is 5.91 Å². The van der Waals surface area contributed by atoms with E-state index in [0.29, 0.717) is 28.7 Å². The summed E-state index contributed by atoms with van der Waals surface area (Å²) in [5, 5.41) is 0.481. The number of amides is 1. The number of carbonyl (C=O) groups is 1. The van der Waals surface area contributed by atoms with Gasteiger partial charge in [-0.2, -0.15) is 0 Å². The van der Waals surface area contributed by atoms with Crippen LogP contribution in [0.15, 0.2) is 36.4 Å². The summed E-state index contributed by atoms with van der Waals surface area (Å²) in [4.78, 5) is 21.4. The van der Waals surface area contributed by atoms with Crippen molar-refractivity contribution < 1.29 is 18.7 Å². The van der Waals surface area contributed by atoms with E-state index in [4.69, 9.17) is 9.47 Å². The van der Waals surface area contributed by atoms with Gasteiger partial charge in [0.15, 0.2) is 5.13 Å². The molecule has 2 aromatic carbocycles. The molecule has 1 aromatic heterocycles. The van der Waals surface area contributed by atoms with Crippen LogP contribution in [0.5, 0.6) is 11.5 Å². The topological polar surface area (TPSA) is 54.9 Å². The normalized spacial score (nSPS) is 11.1. The first-order chi connectivity index (χ1) is 14.0. The lowest BCUT2D eigenvalue weighted by Crippen LogP contribution is -2.34. The fourth-order valence-corrected chi connectivity index (χ4v) is 4.10. The van der Waals surface area contributed by atoms with Crippen LogP contribution in [0, 0.1) is 5.82 Å². The molecule has 0 saturated carbocycles. The number of halogens is 1. The van der Waals surface area contributed by atoms with E-state index >= 15 is 0 Å². The van der Waals surface area contributed by atoms with Gasteiger partial charge in [-0.05, 0) is 51.3 Å². The van der Waals surface area contributed by atoms with Crippen LogP contribution in [-0.2, 0) is 0 Å². The van der Waals surface area contributed by atoms with E-state index in [-0.39, 0.29) is 5.56 Å². The summed E-state index contributed by atoms with van der Waals surface area (Å²) in [6.07, 6.45) is 0.720. The van der Waals surface area contributed by atoms with Crippen molar-refractivity contribution in [3.05, 3.63) is 47.8 Å². The van der Waals surface area contributed by atoms with Gasteiger partial charge in [-0.3, -0.25) is 9.69 Å². The number of fused-ring (bicyclic) bond motifs is 1. The molecule has 0 N–H and O–H groups in total. The molecule has 1 heterocycles. The van der Waals surface area contributed by atoms with Gasteiger partial charge in [-0.15, -0.1) is 0 Å². The molecule has 0 unspecified atom stereocenters. The van der Waals surface area contributed by atoms with Gasteiger partial charge in [0, 0.05) is 6.54 Å². The Hall–Kier alpha value is -2.71. The van der Waals surface area contributed by atoms with E-state index in [1.54, 1.807) is 38.5 Å². The highest BCUT2D eigenvalue weighted by atomic mass is 32.1. The molecule has 0 radical (unpaired) electrons. The number of hydrogen-bond acceptors (Lipinski definition) is 6. The molecule has 29 heavy (non-hydrogen) atoms. The number of thiazole rings is 1. The van der Waals surface area contributed by atoms with Crippen molar-refractivity contribution >= 4 is 32.6 Å². The first-order valence-corrected chi connectivity index (χ1v) is 10.0. The van der Waals surface area contributed by atoms with E-state index in [1.807, 2.05) is 19.0 Å². The minimum absolute atomic E-state index is 0.0236. The number of nitrogens with zero attached hydrogens (tertiary/aromatic N) is 3. The number of aromatic nitrogens is 1. The molecule has 3 aromatic rings. The second kappa shape index (κ2) is 9.19. The lowest BCUT2D eigenvalue weighted by molar-refractivity contribution is 0.0982. The monoisotopic (exact) mass is 417 g/mol. The Morgan fingerprint density at radius 3 is 2.41 bits per heavy atom. The number of hydrogen-bond donors (Lipinski definition) is 0. The Labute approximate surface area is 173 Å². The average molecular weight is 418 g/mol.